The van der Waals surface area contributed by atoms with Gasteiger partial charge in [-0.15, -0.1) is 0 Å². The van der Waals surface area contributed by atoms with Crippen molar-refractivity contribution in [1.82, 2.24) is 0 Å². The van der Waals surface area contributed by atoms with Gasteiger partial charge in [0.25, 0.3) is 0 Å². The second kappa shape index (κ2) is 5.06. The Labute approximate surface area is 80.1 Å². The second-order valence-electron chi connectivity index (χ2n) is 3.27. The molecule has 13 heavy (non-hydrogen) atoms. The van der Waals surface area contributed by atoms with Crippen molar-refractivity contribution >= 4 is 8.60 Å². The molecule has 0 amide bonds. The van der Waals surface area contributed by atoms with E-state index in [0.717, 1.165) is 19.6 Å². The summed E-state index contributed by atoms with van der Waals surface area (Å²) in [5, 5.41) is 0. The zero-order chi connectivity index (χ0) is 8.93. The highest BCUT2D eigenvalue weighted by Gasteiger charge is 2.17. The van der Waals surface area contributed by atoms with Gasteiger partial charge >= 0.3 is 8.60 Å². The van der Waals surface area contributed by atoms with Crippen LogP contribution in [0.2, 0.25) is 0 Å². The van der Waals surface area contributed by atoms with E-state index in [1.54, 1.807) is 0 Å². The molecular weight excluding hydrogens is 187 g/mol. The van der Waals surface area contributed by atoms with E-state index in [0.29, 0.717) is 6.61 Å². The lowest BCUT2D eigenvalue weighted by Gasteiger charge is -2.20. The van der Waals surface area contributed by atoms with Crippen molar-refractivity contribution in [2.24, 2.45) is 0 Å². The summed E-state index contributed by atoms with van der Waals surface area (Å²) in [6.45, 7) is 2.27. The molecule has 0 spiro atoms. The van der Waals surface area contributed by atoms with Crippen LogP contribution in [0.5, 0.6) is 0 Å². The van der Waals surface area contributed by atoms with Gasteiger partial charge in [-0.05, 0) is 31.3 Å². The molecule has 0 saturated carbocycles. The first kappa shape index (κ1) is 9.60. The van der Waals surface area contributed by atoms with Gasteiger partial charge in [-0.25, -0.2) is 0 Å². The Hall–Kier alpha value is 0.0500. The molecule has 0 unspecified atom stereocenters. The lowest BCUT2D eigenvalue weighted by molar-refractivity contribution is 0.120. The van der Waals surface area contributed by atoms with Crippen LogP contribution in [0.15, 0.2) is 11.6 Å². The first-order valence-electron chi connectivity index (χ1n) is 4.82. The molecule has 1 aliphatic heterocycles. The molecule has 1 saturated heterocycles. The molecule has 2 aliphatic rings. The fourth-order valence-corrected chi connectivity index (χ4v) is 2.50. The molecule has 1 fully saturated rings. The summed E-state index contributed by atoms with van der Waals surface area (Å²) in [6.07, 6.45) is 6.92. The van der Waals surface area contributed by atoms with Crippen LogP contribution >= 0.6 is 8.60 Å². The lowest BCUT2D eigenvalue weighted by Crippen LogP contribution is -2.07. The Morgan fingerprint density at radius 1 is 1.31 bits per heavy atom. The molecule has 0 bridgehead atoms. The number of hydrogen-bond acceptors (Lipinski definition) is 3. The maximum absolute atomic E-state index is 5.52. The van der Waals surface area contributed by atoms with Crippen LogP contribution in [0.4, 0.5) is 0 Å². The molecule has 74 valence electrons. The molecule has 3 nitrogen and oxygen atoms in total. The largest absolute Gasteiger partial charge is 0.332 e. The highest BCUT2D eigenvalue weighted by molar-refractivity contribution is 7.41. The van der Waals surface area contributed by atoms with Crippen molar-refractivity contribution in [3.63, 3.8) is 0 Å². The van der Waals surface area contributed by atoms with E-state index in [9.17, 15) is 0 Å². The van der Waals surface area contributed by atoms with Crippen LogP contribution < -0.4 is 0 Å². The maximum Gasteiger partial charge on any atom is 0.332 e. The third kappa shape index (κ3) is 3.03. The molecule has 0 N–H and O–H groups in total. The maximum atomic E-state index is 5.52. The smallest absolute Gasteiger partial charge is 0.312 e. The Morgan fingerprint density at radius 3 is 2.85 bits per heavy atom. The molecule has 0 aromatic heterocycles. The van der Waals surface area contributed by atoms with Crippen LogP contribution in [-0.4, -0.2) is 19.8 Å². The van der Waals surface area contributed by atoms with Crippen molar-refractivity contribution in [3.8, 4) is 0 Å². The molecule has 4 heteroatoms. The van der Waals surface area contributed by atoms with Crippen LogP contribution in [0, 0.1) is 0 Å². The summed E-state index contributed by atoms with van der Waals surface area (Å²) in [5.41, 5.74) is 1.40. The quantitative estimate of drug-likeness (QED) is 0.520. The van der Waals surface area contributed by atoms with Gasteiger partial charge in [0.05, 0.1) is 19.8 Å². The SMILES string of the molecule is C1=C(COP2OCCCO2)CCC1. The zero-order valence-electron chi connectivity index (χ0n) is 7.70. The second-order valence-corrected chi connectivity index (χ2v) is 4.49. The highest BCUT2D eigenvalue weighted by atomic mass is 31.2. The Balaban J connectivity index is 1.66. The van der Waals surface area contributed by atoms with Gasteiger partial charge in [0.15, 0.2) is 0 Å². The van der Waals surface area contributed by atoms with Gasteiger partial charge < -0.3 is 13.6 Å². The molecule has 0 aromatic rings. The van der Waals surface area contributed by atoms with Crippen molar-refractivity contribution < 1.29 is 13.6 Å². The van der Waals surface area contributed by atoms with Gasteiger partial charge in [0.2, 0.25) is 0 Å². The fourth-order valence-electron chi connectivity index (χ4n) is 1.45. The summed E-state index contributed by atoms with van der Waals surface area (Å²) in [7, 11) is -1.03. The summed E-state index contributed by atoms with van der Waals surface area (Å²) >= 11 is 0. The average molecular weight is 202 g/mol. The van der Waals surface area contributed by atoms with E-state index in [1.807, 2.05) is 0 Å². The van der Waals surface area contributed by atoms with Gasteiger partial charge in [0, 0.05) is 0 Å². The number of allylic oxidation sites excluding steroid dienone is 1. The van der Waals surface area contributed by atoms with Gasteiger partial charge in [-0.1, -0.05) is 6.08 Å². The molecule has 1 heterocycles. The van der Waals surface area contributed by atoms with E-state index in [1.165, 1.54) is 24.8 Å². The molecular formula is C9H15O3P. The van der Waals surface area contributed by atoms with Crippen molar-refractivity contribution in [2.45, 2.75) is 25.7 Å². The summed E-state index contributed by atoms with van der Waals surface area (Å²) in [6, 6.07) is 0. The molecule has 2 rings (SSSR count). The van der Waals surface area contributed by atoms with Crippen LogP contribution in [0.1, 0.15) is 25.7 Å². The van der Waals surface area contributed by atoms with E-state index in [4.69, 9.17) is 13.6 Å². The van der Waals surface area contributed by atoms with Gasteiger partial charge in [0.1, 0.15) is 0 Å². The normalized spacial score (nSPS) is 24.8. The third-order valence-electron chi connectivity index (χ3n) is 2.17. The first-order chi connectivity index (χ1) is 6.45. The van der Waals surface area contributed by atoms with Crippen molar-refractivity contribution in [1.29, 1.82) is 0 Å². The van der Waals surface area contributed by atoms with Crippen LogP contribution in [-0.2, 0) is 13.6 Å². The van der Waals surface area contributed by atoms with Crippen LogP contribution in [0.3, 0.4) is 0 Å². The molecule has 0 atom stereocenters. The van der Waals surface area contributed by atoms with Crippen molar-refractivity contribution in [3.05, 3.63) is 11.6 Å². The van der Waals surface area contributed by atoms with Crippen molar-refractivity contribution in [2.75, 3.05) is 19.8 Å². The van der Waals surface area contributed by atoms with Gasteiger partial charge in [-0.3, -0.25) is 0 Å². The standard InChI is InChI=1S/C9H15O3P/c1-2-5-9(4-1)8-12-13-10-6-3-7-11-13/h4H,1-3,5-8H2. The first-order valence-corrected chi connectivity index (χ1v) is 5.91. The zero-order valence-corrected chi connectivity index (χ0v) is 8.59. The predicted molar refractivity (Wildman–Crippen MR) is 51.3 cm³/mol. The van der Waals surface area contributed by atoms with E-state index >= 15 is 0 Å². The topological polar surface area (TPSA) is 27.7 Å². The minimum Gasteiger partial charge on any atom is -0.312 e. The Bertz CT molecular complexity index is 187. The molecule has 0 aromatic carbocycles. The van der Waals surface area contributed by atoms with Crippen LogP contribution in [0.25, 0.3) is 0 Å². The fraction of sp³-hybridized carbons (Fsp3) is 0.778. The summed E-state index contributed by atoms with van der Waals surface area (Å²) in [5.74, 6) is 0. The minimum absolute atomic E-state index is 0.700. The predicted octanol–water partition coefficient (Wildman–Crippen LogP) is 2.78. The molecule has 1 aliphatic carbocycles. The third-order valence-corrected chi connectivity index (χ3v) is 3.30. The average Bonchev–Trinajstić information content (AvgIpc) is 2.69. The summed E-state index contributed by atoms with van der Waals surface area (Å²) in [4.78, 5) is 0. The highest BCUT2D eigenvalue weighted by Crippen LogP contribution is 2.43. The lowest BCUT2D eigenvalue weighted by atomic mass is 10.2. The molecule has 0 radical (unpaired) electrons. The minimum atomic E-state index is -1.03. The number of hydrogen-bond donors (Lipinski definition) is 0. The van der Waals surface area contributed by atoms with E-state index in [2.05, 4.69) is 6.08 Å². The summed E-state index contributed by atoms with van der Waals surface area (Å²) < 4.78 is 16.2. The van der Waals surface area contributed by atoms with E-state index < -0.39 is 8.60 Å². The Kier molecular flexibility index (Phi) is 3.74. The number of rotatable bonds is 3. The van der Waals surface area contributed by atoms with Gasteiger partial charge in [-0.2, -0.15) is 0 Å². The van der Waals surface area contributed by atoms with E-state index in [-0.39, 0.29) is 0 Å². The Morgan fingerprint density at radius 2 is 2.15 bits per heavy atom. The monoisotopic (exact) mass is 202 g/mol.